The van der Waals surface area contributed by atoms with Gasteiger partial charge in [0.25, 0.3) is 0 Å². The maximum atomic E-state index is 5.03. The van der Waals surface area contributed by atoms with Crippen molar-refractivity contribution in [3.63, 3.8) is 0 Å². The molecule has 298 valence electrons. The Kier molecular flexibility index (Phi) is 10.2. The van der Waals surface area contributed by atoms with Crippen LogP contribution in [0.4, 0.5) is 0 Å². The van der Waals surface area contributed by atoms with Gasteiger partial charge < -0.3 is 0 Å². The minimum absolute atomic E-state index is 0.106. The first-order valence-electron chi connectivity index (χ1n) is 21.1. The predicted octanol–water partition coefficient (Wildman–Crippen LogP) is 13.8. The second kappa shape index (κ2) is 16.4. The zero-order valence-corrected chi connectivity index (χ0v) is 35.2. The average Bonchev–Trinajstić information content (AvgIpc) is 3.32. The van der Waals surface area contributed by atoms with E-state index in [4.69, 9.17) is 29.9 Å². The fraction of sp³-hybridized carbons (Fsp3) is 0.107. The van der Waals surface area contributed by atoms with Gasteiger partial charge in [0.1, 0.15) is 5.82 Å². The third-order valence-electron chi connectivity index (χ3n) is 11.6. The fourth-order valence-corrected chi connectivity index (χ4v) is 7.84. The summed E-state index contributed by atoms with van der Waals surface area (Å²) in [5, 5.41) is 2.36. The Morgan fingerprint density at radius 2 is 0.661 bits per heavy atom. The summed E-state index contributed by atoms with van der Waals surface area (Å²) < 4.78 is 0. The molecule has 9 aromatic rings. The lowest BCUT2D eigenvalue weighted by Gasteiger charge is -2.16. The lowest BCUT2D eigenvalue weighted by molar-refractivity contribution is 0.759. The smallest absolute Gasteiger partial charge is 0.164 e. The van der Waals surface area contributed by atoms with Crippen LogP contribution in [0.2, 0.25) is 0 Å². The standard InChI is InChI=1S/C56H44N6/c1-35-5-13-42(14-6-35)51-57-52(43-15-7-36(2)8-16-43)60-55(59-51)46-27-21-39(22-28-46)48-31-25-41-26-32-49(34-50(41)33-48)40-23-29-47(30-24-40)56-61-53(44-17-9-37(3)10-18-44)58-54(62-56)45-19-11-38(4)12-20-45/h5-19,21-34,45H,20H2,1-4H3. The molecule has 62 heavy (non-hydrogen) atoms. The van der Waals surface area contributed by atoms with Crippen molar-refractivity contribution in [1.29, 1.82) is 0 Å². The van der Waals surface area contributed by atoms with E-state index in [0.29, 0.717) is 29.1 Å². The number of aromatic nitrogens is 6. The Balaban J connectivity index is 0.932. The molecule has 0 amide bonds. The van der Waals surface area contributed by atoms with Crippen LogP contribution in [0.1, 0.15) is 41.8 Å². The molecule has 6 nitrogen and oxygen atoms in total. The summed E-state index contributed by atoms with van der Waals surface area (Å²) >= 11 is 0. The molecular weight excluding hydrogens is 757 g/mol. The summed E-state index contributed by atoms with van der Waals surface area (Å²) in [5.74, 6) is 4.22. The number of aryl methyl sites for hydroxylation is 3. The first-order chi connectivity index (χ1) is 30.3. The summed E-state index contributed by atoms with van der Waals surface area (Å²) in [6.45, 7) is 8.38. The minimum Gasteiger partial charge on any atom is -0.212 e. The summed E-state index contributed by atoms with van der Waals surface area (Å²) in [7, 11) is 0. The summed E-state index contributed by atoms with van der Waals surface area (Å²) in [6, 6.07) is 55.4. The van der Waals surface area contributed by atoms with Gasteiger partial charge in [-0.1, -0.05) is 186 Å². The second-order valence-electron chi connectivity index (χ2n) is 16.3. The SMILES string of the molecule is CC1=CCC(c2nc(-c3ccc(C)cc3)nc(-c3ccc(-c4ccc5ccc(-c6ccc(-c7nc(-c8ccc(C)cc8)nc(-c8ccc(C)cc8)n7)cc6)cc5c4)cc3)n2)C=C1. The molecule has 0 aliphatic heterocycles. The van der Waals surface area contributed by atoms with Crippen molar-refractivity contribution >= 4 is 10.8 Å². The van der Waals surface area contributed by atoms with E-state index in [-0.39, 0.29) is 5.92 Å². The third-order valence-corrected chi connectivity index (χ3v) is 11.6. The van der Waals surface area contributed by atoms with Crippen LogP contribution in [0.5, 0.6) is 0 Å². The van der Waals surface area contributed by atoms with Gasteiger partial charge in [-0.3, -0.25) is 0 Å². The largest absolute Gasteiger partial charge is 0.212 e. The summed E-state index contributed by atoms with van der Waals surface area (Å²) in [4.78, 5) is 29.8. The van der Waals surface area contributed by atoms with E-state index in [1.165, 1.54) is 33.0 Å². The molecule has 0 radical (unpaired) electrons. The molecule has 0 fully saturated rings. The molecular formula is C56H44N6. The van der Waals surface area contributed by atoms with Crippen LogP contribution in [0.15, 0.2) is 182 Å². The average molecular weight is 801 g/mol. The predicted molar refractivity (Wildman–Crippen MR) is 253 cm³/mol. The van der Waals surface area contributed by atoms with E-state index in [1.54, 1.807) is 0 Å². The van der Waals surface area contributed by atoms with Crippen LogP contribution >= 0.6 is 0 Å². The molecule has 6 heteroatoms. The monoisotopic (exact) mass is 800 g/mol. The summed E-state index contributed by atoms with van der Waals surface area (Å²) in [6.07, 6.45) is 7.49. The normalized spacial score (nSPS) is 13.6. The van der Waals surface area contributed by atoms with Crippen molar-refractivity contribution in [2.45, 2.75) is 40.0 Å². The Labute approximate surface area is 362 Å². The number of nitrogens with zero attached hydrogens (tertiary/aromatic N) is 6. The number of benzene rings is 7. The van der Waals surface area contributed by atoms with Gasteiger partial charge in [0.05, 0.1) is 0 Å². The van der Waals surface area contributed by atoms with E-state index < -0.39 is 0 Å². The Hall–Kier alpha value is -7.70. The van der Waals surface area contributed by atoms with Gasteiger partial charge in [-0.15, -0.1) is 0 Å². The number of rotatable bonds is 8. The van der Waals surface area contributed by atoms with Gasteiger partial charge in [-0.2, -0.15) is 0 Å². The van der Waals surface area contributed by atoms with Gasteiger partial charge >= 0.3 is 0 Å². The zero-order chi connectivity index (χ0) is 42.2. The van der Waals surface area contributed by atoms with Crippen molar-refractivity contribution in [1.82, 2.24) is 29.9 Å². The first-order valence-corrected chi connectivity index (χ1v) is 21.1. The van der Waals surface area contributed by atoms with Crippen LogP contribution in [0.3, 0.4) is 0 Å². The Morgan fingerprint density at radius 1 is 0.339 bits per heavy atom. The molecule has 0 spiro atoms. The highest BCUT2D eigenvalue weighted by atomic mass is 15.0. The van der Waals surface area contributed by atoms with Crippen molar-refractivity contribution in [3.05, 3.63) is 204 Å². The molecule has 1 atom stereocenters. The highest BCUT2D eigenvalue weighted by Crippen LogP contribution is 2.33. The van der Waals surface area contributed by atoms with E-state index in [1.807, 2.05) is 0 Å². The molecule has 0 N–H and O–H groups in total. The van der Waals surface area contributed by atoms with E-state index in [0.717, 1.165) is 62.3 Å². The zero-order valence-electron chi connectivity index (χ0n) is 35.2. The maximum Gasteiger partial charge on any atom is 0.164 e. The quantitative estimate of drug-likeness (QED) is 0.152. The number of allylic oxidation sites excluding steroid dienone is 4. The highest BCUT2D eigenvalue weighted by Gasteiger charge is 2.19. The molecule has 0 saturated carbocycles. The third kappa shape index (κ3) is 8.11. The fourth-order valence-electron chi connectivity index (χ4n) is 7.84. The topological polar surface area (TPSA) is 77.3 Å². The molecule has 2 heterocycles. The Bertz CT molecular complexity index is 3080. The molecule has 10 rings (SSSR count). The molecule has 1 unspecified atom stereocenters. The van der Waals surface area contributed by atoms with Crippen molar-refractivity contribution in [3.8, 4) is 79.2 Å². The van der Waals surface area contributed by atoms with Gasteiger partial charge in [-0.25, -0.2) is 29.9 Å². The van der Waals surface area contributed by atoms with Crippen molar-refractivity contribution in [2.24, 2.45) is 0 Å². The first kappa shape index (κ1) is 38.5. The van der Waals surface area contributed by atoms with Gasteiger partial charge in [0.15, 0.2) is 29.1 Å². The van der Waals surface area contributed by atoms with Gasteiger partial charge in [0.2, 0.25) is 0 Å². The molecule has 1 aliphatic rings. The number of hydrogen-bond acceptors (Lipinski definition) is 6. The Morgan fingerprint density at radius 3 is 1.02 bits per heavy atom. The number of fused-ring (bicyclic) bond motifs is 1. The number of hydrogen-bond donors (Lipinski definition) is 0. The van der Waals surface area contributed by atoms with Crippen LogP contribution in [0.25, 0.3) is 90.0 Å². The molecule has 0 bridgehead atoms. The van der Waals surface area contributed by atoms with Crippen molar-refractivity contribution < 1.29 is 0 Å². The molecule has 7 aromatic carbocycles. The molecule has 1 aliphatic carbocycles. The maximum absolute atomic E-state index is 5.03. The van der Waals surface area contributed by atoms with E-state index in [9.17, 15) is 0 Å². The van der Waals surface area contributed by atoms with Gasteiger partial charge in [-0.05, 0) is 79.3 Å². The minimum atomic E-state index is 0.106. The van der Waals surface area contributed by atoms with Gasteiger partial charge in [0, 0.05) is 33.7 Å². The lowest BCUT2D eigenvalue weighted by atomic mass is 9.96. The van der Waals surface area contributed by atoms with Crippen LogP contribution in [-0.2, 0) is 0 Å². The van der Waals surface area contributed by atoms with Crippen molar-refractivity contribution in [2.75, 3.05) is 0 Å². The highest BCUT2D eigenvalue weighted by molar-refractivity contribution is 5.91. The molecule has 0 saturated heterocycles. The van der Waals surface area contributed by atoms with Crippen LogP contribution in [-0.4, -0.2) is 29.9 Å². The second-order valence-corrected chi connectivity index (χ2v) is 16.3. The summed E-state index contributed by atoms with van der Waals surface area (Å²) in [5.41, 5.74) is 14.2. The van der Waals surface area contributed by atoms with Crippen LogP contribution in [0, 0.1) is 20.8 Å². The molecule has 2 aromatic heterocycles. The van der Waals surface area contributed by atoms with E-state index >= 15 is 0 Å². The van der Waals surface area contributed by atoms with Crippen LogP contribution < -0.4 is 0 Å². The van der Waals surface area contributed by atoms with E-state index in [2.05, 4.69) is 204 Å². The lowest BCUT2D eigenvalue weighted by Crippen LogP contribution is -2.08.